The Labute approximate surface area is 162 Å². The molecule has 0 radical (unpaired) electrons. The molecule has 4 aromatic rings. The highest BCUT2D eigenvalue weighted by atomic mass is 79.9. The standard InChI is InChI=1S/C20H14BrFN4O/c1-12-10-18-19(25-26(24-18)16-8-6-15(22)7-9-16)11-17(12)23-20(27)13-2-4-14(21)5-3-13/h2-11H,1H3,(H,23,27). The summed E-state index contributed by atoms with van der Waals surface area (Å²) >= 11 is 3.36. The highest BCUT2D eigenvalue weighted by Gasteiger charge is 2.12. The molecule has 4 rings (SSSR count). The lowest BCUT2D eigenvalue weighted by molar-refractivity contribution is 0.102. The topological polar surface area (TPSA) is 59.8 Å². The first-order valence-electron chi connectivity index (χ1n) is 8.20. The van der Waals surface area contributed by atoms with E-state index >= 15 is 0 Å². The van der Waals surface area contributed by atoms with Crippen LogP contribution in [0.5, 0.6) is 0 Å². The number of benzene rings is 3. The number of aromatic nitrogens is 3. The lowest BCUT2D eigenvalue weighted by Gasteiger charge is -2.08. The van der Waals surface area contributed by atoms with Gasteiger partial charge >= 0.3 is 0 Å². The van der Waals surface area contributed by atoms with E-state index in [0.717, 1.165) is 10.0 Å². The Bertz CT molecular complexity index is 1140. The van der Waals surface area contributed by atoms with Gasteiger partial charge in [0.25, 0.3) is 5.91 Å². The van der Waals surface area contributed by atoms with Gasteiger partial charge in [-0.05, 0) is 73.2 Å². The van der Waals surface area contributed by atoms with Gasteiger partial charge in [0, 0.05) is 15.7 Å². The van der Waals surface area contributed by atoms with Crippen LogP contribution in [-0.4, -0.2) is 20.9 Å². The van der Waals surface area contributed by atoms with Gasteiger partial charge in [-0.1, -0.05) is 15.9 Å². The van der Waals surface area contributed by atoms with Crippen LogP contribution in [-0.2, 0) is 0 Å². The van der Waals surface area contributed by atoms with Crippen LogP contribution in [0.3, 0.4) is 0 Å². The summed E-state index contributed by atoms with van der Waals surface area (Å²) < 4.78 is 14.0. The van der Waals surface area contributed by atoms with Crippen LogP contribution in [0.4, 0.5) is 10.1 Å². The molecule has 0 atom stereocenters. The molecule has 0 saturated carbocycles. The van der Waals surface area contributed by atoms with E-state index < -0.39 is 0 Å². The molecule has 0 spiro atoms. The number of hydrogen-bond donors (Lipinski definition) is 1. The Morgan fingerprint density at radius 2 is 1.63 bits per heavy atom. The highest BCUT2D eigenvalue weighted by Crippen LogP contribution is 2.23. The fourth-order valence-electron chi connectivity index (χ4n) is 2.69. The van der Waals surface area contributed by atoms with Crippen LogP contribution in [0, 0.1) is 12.7 Å². The Hall–Kier alpha value is -3.06. The zero-order valence-corrected chi connectivity index (χ0v) is 15.9. The largest absolute Gasteiger partial charge is 0.322 e. The predicted octanol–water partition coefficient (Wildman–Crippen LogP) is 4.88. The highest BCUT2D eigenvalue weighted by molar-refractivity contribution is 9.10. The van der Waals surface area contributed by atoms with Crippen LogP contribution >= 0.6 is 15.9 Å². The number of rotatable bonds is 3. The minimum atomic E-state index is -0.316. The number of carbonyl (C=O) groups excluding carboxylic acids is 1. The van der Waals surface area contributed by atoms with Crippen LogP contribution in [0.2, 0.25) is 0 Å². The van der Waals surface area contributed by atoms with Gasteiger partial charge in [-0.15, -0.1) is 10.2 Å². The summed E-state index contributed by atoms with van der Waals surface area (Å²) in [6.45, 7) is 1.90. The number of carbonyl (C=O) groups is 1. The maximum atomic E-state index is 13.1. The van der Waals surface area contributed by atoms with E-state index in [1.54, 1.807) is 30.3 Å². The van der Waals surface area contributed by atoms with E-state index in [-0.39, 0.29) is 11.7 Å². The minimum Gasteiger partial charge on any atom is -0.322 e. The first kappa shape index (κ1) is 17.4. The van der Waals surface area contributed by atoms with E-state index in [1.165, 1.54) is 16.9 Å². The summed E-state index contributed by atoms with van der Waals surface area (Å²) in [5.74, 6) is -0.514. The van der Waals surface area contributed by atoms with Gasteiger partial charge < -0.3 is 5.32 Å². The summed E-state index contributed by atoms with van der Waals surface area (Å²) in [7, 11) is 0. The third kappa shape index (κ3) is 3.59. The average Bonchev–Trinajstić information content (AvgIpc) is 3.05. The van der Waals surface area contributed by atoms with Gasteiger partial charge in [0.15, 0.2) is 0 Å². The zero-order chi connectivity index (χ0) is 19.0. The van der Waals surface area contributed by atoms with Gasteiger partial charge in [-0.25, -0.2) is 4.39 Å². The van der Waals surface area contributed by atoms with Crippen molar-refractivity contribution in [2.45, 2.75) is 6.92 Å². The number of nitrogens with one attached hydrogen (secondary N) is 1. The Kier molecular flexibility index (Phi) is 4.45. The van der Waals surface area contributed by atoms with Crippen LogP contribution in [0.25, 0.3) is 16.7 Å². The van der Waals surface area contributed by atoms with Gasteiger partial charge in [0.05, 0.1) is 5.69 Å². The van der Waals surface area contributed by atoms with Gasteiger partial charge in [0.2, 0.25) is 0 Å². The van der Waals surface area contributed by atoms with E-state index in [9.17, 15) is 9.18 Å². The molecule has 0 aliphatic carbocycles. The van der Waals surface area contributed by atoms with Crippen LogP contribution in [0.1, 0.15) is 15.9 Å². The second kappa shape index (κ2) is 6.92. The molecular weight excluding hydrogens is 411 g/mol. The predicted molar refractivity (Wildman–Crippen MR) is 106 cm³/mol. The van der Waals surface area contributed by atoms with E-state index in [2.05, 4.69) is 31.4 Å². The first-order chi connectivity index (χ1) is 13.0. The third-order valence-electron chi connectivity index (χ3n) is 4.14. The molecule has 7 heteroatoms. The fraction of sp³-hybridized carbons (Fsp3) is 0.0500. The maximum absolute atomic E-state index is 13.1. The molecule has 1 N–H and O–H groups in total. The first-order valence-corrected chi connectivity index (χ1v) is 8.99. The smallest absolute Gasteiger partial charge is 0.255 e. The molecule has 0 bridgehead atoms. The third-order valence-corrected chi connectivity index (χ3v) is 4.67. The molecule has 27 heavy (non-hydrogen) atoms. The van der Waals surface area contributed by atoms with Gasteiger partial charge in [0.1, 0.15) is 16.9 Å². The molecule has 0 aliphatic rings. The molecule has 1 aromatic heterocycles. The molecule has 0 aliphatic heterocycles. The Morgan fingerprint density at radius 1 is 1.00 bits per heavy atom. The summed E-state index contributed by atoms with van der Waals surface area (Å²) in [6.07, 6.45) is 0. The van der Waals surface area contributed by atoms with Crippen molar-refractivity contribution >= 4 is 38.6 Å². The van der Waals surface area contributed by atoms with Crippen molar-refractivity contribution in [3.8, 4) is 5.69 Å². The summed E-state index contributed by atoms with van der Waals surface area (Å²) in [5, 5.41) is 11.8. The molecule has 1 amide bonds. The lowest BCUT2D eigenvalue weighted by atomic mass is 10.1. The molecule has 1 heterocycles. The number of fused-ring (bicyclic) bond motifs is 1. The number of anilines is 1. The molecule has 0 saturated heterocycles. The molecule has 134 valence electrons. The molecule has 0 unspecified atom stereocenters. The summed E-state index contributed by atoms with van der Waals surface area (Å²) in [6, 6.07) is 16.7. The van der Waals surface area contributed by atoms with E-state index in [1.807, 2.05) is 25.1 Å². The fourth-order valence-corrected chi connectivity index (χ4v) is 2.95. The lowest BCUT2D eigenvalue weighted by Crippen LogP contribution is -2.12. The summed E-state index contributed by atoms with van der Waals surface area (Å²) in [4.78, 5) is 13.9. The quantitative estimate of drug-likeness (QED) is 0.509. The molecule has 3 aromatic carbocycles. The van der Waals surface area contributed by atoms with Crippen molar-refractivity contribution in [3.63, 3.8) is 0 Å². The van der Waals surface area contributed by atoms with Gasteiger partial charge in [-0.2, -0.15) is 4.80 Å². The van der Waals surface area contributed by atoms with E-state index in [4.69, 9.17) is 0 Å². The summed E-state index contributed by atoms with van der Waals surface area (Å²) in [5.41, 5.74) is 4.09. The number of nitrogens with zero attached hydrogens (tertiary/aromatic N) is 3. The van der Waals surface area contributed by atoms with Crippen molar-refractivity contribution in [2.75, 3.05) is 5.32 Å². The molecular formula is C20H14BrFN4O. The van der Waals surface area contributed by atoms with Gasteiger partial charge in [-0.3, -0.25) is 4.79 Å². The van der Waals surface area contributed by atoms with Crippen molar-refractivity contribution in [1.29, 1.82) is 0 Å². The normalized spacial score (nSPS) is 10.9. The number of halogens is 2. The van der Waals surface area contributed by atoms with Crippen molar-refractivity contribution < 1.29 is 9.18 Å². The number of amides is 1. The minimum absolute atomic E-state index is 0.198. The average molecular weight is 425 g/mol. The van der Waals surface area contributed by atoms with E-state index in [0.29, 0.717) is 28.0 Å². The van der Waals surface area contributed by atoms with Crippen molar-refractivity contribution in [3.05, 3.63) is 82.1 Å². The Morgan fingerprint density at radius 3 is 2.30 bits per heavy atom. The van der Waals surface area contributed by atoms with Crippen molar-refractivity contribution in [2.24, 2.45) is 0 Å². The second-order valence-electron chi connectivity index (χ2n) is 6.08. The van der Waals surface area contributed by atoms with Crippen molar-refractivity contribution in [1.82, 2.24) is 15.0 Å². The Balaban J connectivity index is 1.65. The maximum Gasteiger partial charge on any atom is 0.255 e. The number of hydrogen-bond acceptors (Lipinski definition) is 3. The molecule has 0 fully saturated rings. The SMILES string of the molecule is Cc1cc2nn(-c3ccc(F)cc3)nc2cc1NC(=O)c1ccc(Br)cc1. The second-order valence-corrected chi connectivity index (χ2v) is 7.00. The molecule has 5 nitrogen and oxygen atoms in total. The van der Waals surface area contributed by atoms with Crippen LogP contribution < -0.4 is 5.32 Å². The number of aryl methyl sites for hydroxylation is 1. The van der Waals surface area contributed by atoms with Crippen LogP contribution in [0.15, 0.2) is 65.1 Å². The zero-order valence-electron chi connectivity index (χ0n) is 14.3. The monoisotopic (exact) mass is 424 g/mol.